The molecule has 1 aromatic carbocycles. The van der Waals surface area contributed by atoms with Crippen LogP contribution in [0, 0.1) is 6.92 Å². The van der Waals surface area contributed by atoms with Gasteiger partial charge in [-0.1, -0.05) is 29.8 Å². The van der Waals surface area contributed by atoms with Gasteiger partial charge < -0.3 is 5.11 Å². The molecule has 0 fully saturated rings. The number of amides is 1. The largest absolute Gasteiger partial charge is 0.480 e. The van der Waals surface area contributed by atoms with Crippen molar-refractivity contribution in [1.29, 1.82) is 0 Å². The molecule has 0 bridgehead atoms. The molecule has 0 radical (unpaired) electrons. The summed E-state index contributed by atoms with van der Waals surface area (Å²) in [6.07, 6.45) is 4.21. The second kappa shape index (κ2) is 7.18. The number of rotatable bonds is 6. The third-order valence-corrected chi connectivity index (χ3v) is 3.81. The Balaban J connectivity index is 1.65. The number of benzene rings is 1. The summed E-state index contributed by atoms with van der Waals surface area (Å²) < 4.78 is 2.83. The molecule has 2 heterocycles. The first-order valence-electron chi connectivity index (χ1n) is 7.95. The molecule has 9 nitrogen and oxygen atoms in total. The number of aliphatic carboxylic acids is 1. The lowest BCUT2D eigenvalue weighted by Gasteiger charge is -2.05. The lowest BCUT2D eigenvalue weighted by molar-refractivity contribution is -0.140. The second-order valence-electron chi connectivity index (χ2n) is 5.93. The Morgan fingerprint density at radius 3 is 2.88 bits per heavy atom. The first kappa shape index (κ1) is 17.3. The highest BCUT2D eigenvalue weighted by atomic mass is 16.4. The summed E-state index contributed by atoms with van der Waals surface area (Å²) in [5, 5.41) is 19.7. The van der Waals surface area contributed by atoms with Crippen LogP contribution in [-0.4, -0.2) is 41.5 Å². The minimum Gasteiger partial charge on any atom is -0.480 e. The molecular formula is C17H18N6O3. The molecule has 3 aromatic rings. The van der Waals surface area contributed by atoms with Crippen molar-refractivity contribution in [2.45, 2.75) is 26.4 Å². The van der Waals surface area contributed by atoms with E-state index in [4.69, 9.17) is 5.11 Å². The molecular weight excluding hydrogens is 336 g/mol. The van der Waals surface area contributed by atoms with Gasteiger partial charge >= 0.3 is 5.97 Å². The number of nitrogens with one attached hydrogen (secondary N) is 1. The van der Waals surface area contributed by atoms with Crippen LogP contribution in [0.2, 0.25) is 0 Å². The number of aromatic nitrogens is 5. The van der Waals surface area contributed by atoms with E-state index in [9.17, 15) is 9.59 Å². The molecule has 2 aromatic heterocycles. The van der Waals surface area contributed by atoms with E-state index in [0.717, 1.165) is 11.1 Å². The first-order chi connectivity index (χ1) is 12.4. The van der Waals surface area contributed by atoms with Crippen molar-refractivity contribution in [2.24, 2.45) is 0 Å². The van der Waals surface area contributed by atoms with E-state index in [1.54, 1.807) is 4.68 Å². The highest BCUT2D eigenvalue weighted by Crippen LogP contribution is 2.10. The normalized spacial score (nSPS) is 11.9. The van der Waals surface area contributed by atoms with Crippen molar-refractivity contribution < 1.29 is 14.7 Å². The standard InChI is InChI=1S/C17H18N6O3/c1-11-4-3-5-13(6-11)8-22-10-18-17(21-22)20-15(24)14-7-19-23(9-14)12(2)16(25)26/h3-7,9-10,12H,8H2,1-2H3,(H,25,26)(H,20,21,24). The fourth-order valence-corrected chi connectivity index (χ4v) is 2.38. The summed E-state index contributed by atoms with van der Waals surface area (Å²) in [5.41, 5.74) is 2.47. The maximum atomic E-state index is 12.2. The Labute approximate surface area is 149 Å². The van der Waals surface area contributed by atoms with Crippen molar-refractivity contribution in [3.05, 3.63) is 59.7 Å². The maximum absolute atomic E-state index is 12.2. The lowest BCUT2D eigenvalue weighted by atomic mass is 10.1. The number of carbonyl (C=O) groups is 2. The third kappa shape index (κ3) is 3.94. The number of carboxylic acids is 1. The highest BCUT2D eigenvalue weighted by Gasteiger charge is 2.17. The van der Waals surface area contributed by atoms with Crippen molar-refractivity contribution >= 4 is 17.8 Å². The van der Waals surface area contributed by atoms with E-state index in [-0.39, 0.29) is 11.5 Å². The molecule has 9 heteroatoms. The van der Waals surface area contributed by atoms with Crippen LogP contribution in [0.3, 0.4) is 0 Å². The number of nitrogens with zero attached hydrogens (tertiary/aromatic N) is 5. The number of anilines is 1. The molecule has 134 valence electrons. The van der Waals surface area contributed by atoms with E-state index in [1.165, 1.54) is 30.3 Å². The minimum atomic E-state index is -1.03. The van der Waals surface area contributed by atoms with Crippen molar-refractivity contribution in [1.82, 2.24) is 24.5 Å². The van der Waals surface area contributed by atoms with Gasteiger partial charge in [0.15, 0.2) is 0 Å². The lowest BCUT2D eigenvalue weighted by Crippen LogP contribution is -2.16. The van der Waals surface area contributed by atoms with Crippen LogP contribution in [0.25, 0.3) is 0 Å². The Morgan fingerprint density at radius 1 is 1.35 bits per heavy atom. The fourth-order valence-electron chi connectivity index (χ4n) is 2.38. The zero-order chi connectivity index (χ0) is 18.7. The Bertz CT molecular complexity index is 945. The highest BCUT2D eigenvalue weighted by molar-refractivity contribution is 6.02. The second-order valence-corrected chi connectivity index (χ2v) is 5.93. The van der Waals surface area contributed by atoms with E-state index in [0.29, 0.717) is 6.54 Å². The Kier molecular flexibility index (Phi) is 4.78. The average Bonchev–Trinajstić information content (AvgIpc) is 3.24. The first-order valence-corrected chi connectivity index (χ1v) is 7.95. The van der Waals surface area contributed by atoms with E-state index in [2.05, 4.69) is 26.6 Å². The zero-order valence-electron chi connectivity index (χ0n) is 14.3. The van der Waals surface area contributed by atoms with E-state index >= 15 is 0 Å². The third-order valence-electron chi connectivity index (χ3n) is 3.81. The van der Waals surface area contributed by atoms with Gasteiger partial charge in [-0.25, -0.2) is 14.5 Å². The zero-order valence-corrected chi connectivity index (χ0v) is 14.3. The summed E-state index contributed by atoms with van der Waals surface area (Å²) in [4.78, 5) is 27.3. The molecule has 0 aliphatic carbocycles. The van der Waals surface area contributed by atoms with Crippen LogP contribution in [0.1, 0.15) is 34.5 Å². The maximum Gasteiger partial charge on any atom is 0.328 e. The molecule has 26 heavy (non-hydrogen) atoms. The van der Waals surface area contributed by atoms with E-state index in [1.807, 2.05) is 25.1 Å². The van der Waals surface area contributed by atoms with Crippen LogP contribution in [0.5, 0.6) is 0 Å². The molecule has 1 unspecified atom stereocenters. The van der Waals surface area contributed by atoms with Crippen LogP contribution >= 0.6 is 0 Å². The van der Waals surface area contributed by atoms with Gasteiger partial charge in [-0.05, 0) is 19.4 Å². The average molecular weight is 354 g/mol. The fraction of sp³-hybridized carbons (Fsp3) is 0.235. The van der Waals surface area contributed by atoms with Crippen molar-refractivity contribution in [3.8, 4) is 0 Å². The van der Waals surface area contributed by atoms with Crippen molar-refractivity contribution in [2.75, 3.05) is 5.32 Å². The predicted octanol–water partition coefficient (Wildman–Crippen LogP) is 1.73. The van der Waals surface area contributed by atoms with Crippen LogP contribution < -0.4 is 5.32 Å². The van der Waals surface area contributed by atoms with Crippen LogP contribution in [0.4, 0.5) is 5.95 Å². The summed E-state index contributed by atoms with van der Waals surface area (Å²) >= 11 is 0. The SMILES string of the molecule is Cc1cccc(Cn2cnc(NC(=O)c3cnn(C(C)C(=O)O)c3)n2)c1. The quantitative estimate of drug-likeness (QED) is 0.696. The molecule has 0 aliphatic heterocycles. The Hall–Kier alpha value is -3.49. The molecule has 2 N–H and O–H groups in total. The molecule has 3 rings (SSSR count). The topological polar surface area (TPSA) is 115 Å². The molecule has 0 saturated carbocycles. The predicted molar refractivity (Wildman–Crippen MR) is 92.8 cm³/mol. The number of aryl methyl sites for hydroxylation is 1. The van der Waals surface area contributed by atoms with Gasteiger partial charge in [0, 0.05) is 6.20 Å². The monoisotopic (exact) mass is 354 g/mol. The van der Waals surface area contributed by atoms with Crippen LogP contribution in [-0.2, 0) is 11.3 Å². The minimum absolute atomic E-state index is 0.168. The van der Waals surface area contributed by atoms with Gasteiger partial charge in [-0.15, -0.1) is 5.10 Å². The summed E-state index contributed by atoms with van der Waals surface area (Å²) in [5.74, 6) is -1.32. The molecule has 0 aliphatic rings. The molecule has 0 saturated heterocycles. The summed E-state index contributed by atoms with van der Waals surface area (Å²) in [6, 6.07) is 7.17. The number of hydrogen-bond donors (Lipinski definition) is 2. The Morgan fingerprint density at radius 2 is 2.15 bits per heavy atom. The summed E-state index contributed by atoms with van der Waals surface area (Å²) in [7, 11) is 0. The van der Waals surface area contributed by atoms with Crippen molar-refractivity contribution in [3.63, 3.8) is 0 Å². The molecule has 1 atom stereocenters. The van der Waals surface area contributed by atoms with Crippen LogP contribution in [0.15, 0.2) is 43.0 Å². The van der Waals surface area contributed by atoms with Gasteiger partial charge in [-0.2, -0.15) is 5.10 Å². The van der Waals surface area contributed by atoms with E-state index < -0.39 is 17.9 Å². The van der Waals surface area contributed by atoms with Gasteiger partial charge in [-0.3, -0.25) is 14.8 Å². The molecule has 0 spiro atoms. The molecule has 1 amide bonds. The van der Waals surface area contributed by atoms with Gasteiger partial charge in [0.2, 0.25) is 5.95 Å². The smallest absolute Gasteiger partial charge is 0.328 e. The van der Waals surface area contributed by atoms with Gasteiger partial charge in [0.25, 0.3) is 5.91 Å². The van der Waals surface area contributed by atoms with Gasteiger partial charge in [0.05, 0.1) is 18.3 Å². The number of carbonyl (C=O) groups excluding carboxylic acids is 1. The number of hydrogen-bond acceptors (Lipinski definition) is 5. The van der Waals surface area contributed by atoms with Gasteiger partial charge in [0.1, 0.15) is 12.4 Å². The summed E-state index contributed by atoms with van der Waals surface area (Å²) in [6.45, 7) is 4.03. The number of carboxylic acid groups (broad SMARTS) is 1.